The molecule has 0 aliphatic carbocycles. The van der Waals surface area contributed by atoms with Gasteiger partial charge in [0.15, 0.2) is 0 Å². The smallest absolute Gasteiger partial charge is 0.246 e. The zero-order chi connectivity index (χ0) is 24.8. The number of aromatic nitrogens is 3. The number of nitrogens with zero attached hydrogens (tertiary/aromatic N) is 4. The van der Waals surface area contributed by atoms with Gasteiger partial charge in [0.2, 0.25) is 5.95 Å². The quantitative estimate of drug-likeness (QED) is 0.218. The summed E-state index contributed by atoms with van der Waals surface area (Å²) in [6, 6.07) is 13.0. The highest BCUT2D eigenvalue weighted by Gasteiger charge is 2.24. The minimum absolute atomic E-state index is 0.148. The predicted molar refractivity (Wildman–Crippen MR) is 138 cm³/mol. The molecular weight excluding hydrogens is 445 g/mol. The maximum absolute atomic E-state index is 14.7. The third kappa shape index (κ3) is 6.17. The summed E-state index contributed by atoms with van der Waals surface area (Å²) >= 11 is 0. The molecule has 0 fully saturated rings. The van der Waals surface area contributed by atoms with Gasteiger partial charge in [-0.1, -0.05) is 25.1 Å². The molecule has 4 rings (SSSR count). The molecule has 0 bridgehead atoms. The van der Waals surface area contributed by atoms with Gasteiger partial charge in [0, 0.05) is 23.8 Å². The van der Waals surface area contributed by atoms with Crippen molar-refractivity contribution in [1.29, 1.82) is 0 Å². The Labute approximate surface area is 205 Å². The summed E-state index contributed by atoms with van der Waals surface area (Å²) in [6.07, 6.45) is 3.15. The van der Waals surface area contributed by atoms with E-state index in [4.69, 9.17) is 9.72 Å². The van der Waals surface area contributed by atoms with Crippen molar-refractivity contribution in [1.82, 2.24) is 20.2 Å². The van der Waals surface area contributed by atoms with Gasteiger partial charge in [-0.05, 0) is 69.5 Å². The summed E-state index contributed by atoms with van der Waals surface area (Å²) < 4.78 is 22.2. The van der Waals surface area contributed by atoms with Crippen molar-refractivity contribution in [3.8, 4) is 5.75 Å². The summed E-state index contributed by atoms with van der Waals surface area (Å²) in [6.45, 7) is 10.7. The first-order chi connectivity index (χ1) is 16.9. The number of hydrazine groups is 1. The van der Waals surface area contributed by atoms with E-state index in [2.05, 4.69) is 45.0 Å². The maximum Gasteiger partial charge on any atom is 0.246 e. The number of aliphatic imine (C=N–C) groups is 1. The van der Waals surface area contributed by atoms with E-state index >= 15 is 0 Å². The average Bonchev–Trinajstić information content (AvgIpc) is 3.10. The Morgan fingerprint density at radius 2 is 2.00 bits per heavy atom. The molecule has 35 heavy (non-hydrogen) atoms. The van der Waals surface area contributed by atoms with Crippen LogP contribution in [0.15, 0.2) is 59.7 Å². The largest absolute Gasteiger partial charge is 0.494 e. The fourth-order valence-corrected chi connectivity index (χ4v) is 4.14. The van der Waals surface area contributed by atoms with E-state index in [1.165, 1.54) is 11.6 Å². The Bertz CT molecular complexity index is 1200. The molecule has 1 aromatic heterocycles. The first-order valence-electron chi connectivity index (χ1n) is 11.9. The second-order valence-electron chi connectivity index (χ2n) is 8.57. The number of hydrogen-bond acceptors (Lipinski definition) is 6. The fourth-order valence-electron chi connectivity index (χ4n) is 4.14. The van der Waals surface area contributed by atoms with Crippen molar-refractivity contribution in [3.05, 3.63) is 71.9 Å². The van der Waals surface area contributed by atoms with Crippen LogP contribution < -0.4 is 20.9 Å². The number of benzene rings is 2. The lowest BCUT2D eigenvalue weighted by Gasteiger charge is -2.15. The Balaban J connectivity index is 1.49. The fraction of sp³-hybridized carbons (Fsp3) is 0.346. The highest BCUT2D eigenvalue weighted by Crippen LogP contribution is 2.33. The van der Waals surface area contributed by atoms with Crippen LogP contribution in [-0.2, 0) is 6.54 Å². The molecule has 0 saturated carbocycles. The second kappa shape index (κ2) is 11.0. The van der Waals surface area contributed by atoms with Gasteiger partial charge >= 0.3 is 0 Å². The van der Waals surface area contributed by atoms with Crippen molar-refractivity contribution in [2.24, 2.45) is 4.99 Å². The van der Waals surface area contributed by atoms with Gasteiger partial charge in [-0.2, -0.15) is 4.98 Å². The van der Waals surface area contributed by atoms with Crippen LogP contribution in [0.1, 0.15) is 57.3 Å². The highest BCUT2D eigenvalue weighted by atomic mass is 19.1. The lowest BCUT2D eigenvalue weighted by atomic mass is 9.93. The van der Waals surface area contributed by atoms with Crippen LogP contribution in [0.3, 0.4) is 0 Å². The SMILES string of the molecule is C=C(C)N=C(C)NNc1ccc(Nc2nc3n(n2)CCCCC3c2ccc(OCC)cc2)cc1F. The van der Waals surface area contributed by atoms with Gasteiger partial charge in [0.25, 0.3) is 0 Å². The van der Waals surface area contributed by atoms with Gasteiger partial charge in [-0.3, -0.25) is 10.9 Å². The number of aryl methyl sites for hydroxylation is 1. The molecule has 1 aliphatic rings. The monoisotopic (exact) mass is 477 g/mol. The van der Waals surface area contributed by atoms with E-state index in [0.29, 0.717) is 35.5 Å². The third-order valence-corrected chi connectivity index (χ3v) is 5.68. The van der Waals surface area contributed by atoms with E-state index < -0.39 is 5.82 Å². The molecule has 1 atom stereocenters. The zero-order valence-electron chi connectivity index (χ0n) is 20.4. The highest BCUT2D eigenvalue weighted by molar-refractivity contribution is 5.81. The minimum atomic E-state index is -0.418. The summed E-state index contributed by atoms with van der Waals surface area (Å²) in [5, 5.41) is 7.82. The molecule has 0 saturated heterocycles. The normalized spacial score (nSPS) is 15.7. The summed E-state index contributed by atoms with van der Waals surface area (Å²) in [4.78, 5) is 8.96. The molecule has 1 aliphatic heterocycles. The van der Waals surface area contributed by atoms with E-state index in [1.807, 2.05) is 23.7 Å². The number of allylic oxidation sites excluding steroid dienone is 1. The van der Waals surface area contributed by atoms with Gasteiger partial charge in [0.1, 0.15) is 23.2 Å². The van der Waals surface area contributed by atoms with Crippen LogP contribution in [0.4, 0.5) is 21.7 Å². The first-order valence-corrected chi connectivity index (χ1v) is 11.9. The molecule has 3 N–H and O–H groups in total. The molecule has 2 aromatic carbocycles. The van der Waals surface area contributed by atoms with E-state index in [1.54, 1.807) is 26.0 Å². The Morgan fingerprint density at radius 1 is 1.20 bits per heavy atom. The Morgan fingerprint density at radius 3 is 2.71 bits per heavy atom. The summed E-state index contributed by atoms with van der Waals surface area (Å²) in [7, 11) is 0. The Hall–Kier alpha value is -3.88. The topological polar surface area (TPSA) is 88.4 Å². The number of fused-ring (bicyclic) bond motifs is 1. The predicted octanol–water partition coefficient (Wildman–Crippen LogP) is 5.74. The molecule has 0 spiro atoms. The van der Waals surface area contributed by atoms with Gasteiger partial charge in [-0.15, -0.1) is 5.10 Å². The molecule has 1 unspecified atom stereocenters. The van der Waals surface area contributed by atoms with Crippen LogP contribution in [-0.4, -0.2) is 27.2 Å². The van der Waals surface area contributed by atoms with Crippen molar-refractivity contribution in [2.75, 3.05) is 17.3 Å². The molecule has 2 heterocycles. The molecule has 184 valence electrons. The van der Waals surface area contributed by atoms with Crippen LogP contribution in [0, 0.1) is 5.82 Å². The number of anilines is 3. The third-order valence-electron chi connectivity index (χ3n) is 5.68. The van der Waals surface area contributed by atoms with Crippen molar-refractivity contribution < 1.29 is 9.13 Å². The lowest BCUT2D eigenvalue weighted by molar-refractivity contribution is 0.340. The van der Waals surface area contributed by atoms with Crippen LogP contribution in [0.25, 0.3) is 0 Å². The Kier molecular flexibility index (Phi) is 7.64. The van der Waals surface area contributed by atoms with E-state index in [-0.39, 0.29) is 5.92 Å². The number of hydrogen-bond donors (Lipinski definition) is 3. The minimum Gasteiger partial charge on any atom is -0.494 e. The number of halogens is 1. The van der Waals surface area contributed by atoms with Gasteiger partial charge in [-0.25, -0.2) is 14.1 Å². The van der Waals surface area contributed by atoms with Crippen molar-refractivity contribution in [2.45, 2.75) is 52.5 Å². The summed E-state index contributed by atoms with van der Waals surface area (Å²) in [5.74, 6) is 2.56. The van der Waals surface area contributed by atoms with Crippen LogP contribution >= 0.6 is 0 Å². The molecule has 0 radical (unpaired) electrons. The van der Waals surface area contributed by atoms with E-state index in [9.17, 15) is 4.39 Å². The zero-order valence-corrected chi connectivity index (χ0v) is 20.4. The van der Waals surface area contributed by atoms with Gasteiger partial charge < -0.3 is 10.1 Å². The molecule has 3 aromatic rings. The molecule has 9 heteroatoms. The van der Waals surface area contributed by atoms with Crippen molar-refractivity contribution in [3.63, 3.8) is 0 Å². The summed E-state index contributed by atoms with van der Waals surface area (Å²) in [5.41, 5.74) is 8.40. The molecule has 8 nitrogen and oxygen atoms in total. The van der Waals surface area contributed by atoms with Gasteiger partial charge in [0.05, 0.1) is 12.3 Å². The molecular formula is C26H32FN7O. The maximum atomic E-state index is 14.7. The first kappa shape index (κ1) is 24.3. The average molecular weight is 478 g/mol. The number of nitrogens with one attached hydrogen (secondary N) is 3. The van der Waals surface area contributed by atoms with E-state index in [0.717, 1.165) is 37.4 Å². The van der Waals surface area contributed by atoms with Crippen molar-refractivity contribution >= 4 is 23.2 Å². The van der Waals surface area contributed by atoms with Crippen LogP contribution in [0.2, 0.25) is 0 Å². The second-order valence-corrected chi connectivity index (χ2v) is 8.57. The number of rotatable bonds is 8. The number of ether oxygens (including phenoxy) is 1. The lowest BCUT2D eigenvalue weighted by Crippen LogP contribution is -2.27. The van der Waals surface area contributed by atoms with Crippen LogP contribution in [0.5, 0.6) is 5.75 Å². The molecule has 0 amide bonds. The number of amidine groups is 1. The standard InChI is InChI=1S/C26H32FN7O/c1-5-35-21-12-9-19(10-13-21)22-8-6-7-15-34-25(22)30-26(33-34)29-20-11-14-24(23(27)16-20)32-31-18(4)28-17(2)3/h9-14,16,22,32H,2,5-8,15H2,1,3-4H3,(H,28,31)(H,29,33).